The molecule has 2 N–H and O–H groups in total. The molecule has 1 atom stereocenters. The highest BCUT2D eigenvalue weighted by Gasteiger charge is 2.20. The van der Waals surface area contributed by atoms with Gasteiger partial charge in [0.1, 0.15) is 5.75 Å². The second-order valence-electron chi connectivity index (χ2n) is 6.43. The van der Waals surface area contributed by atoms with Gasteiger partial charge in [-0.1, -0.05) is 42.5 Å². The van der Waals surface area contributed by atoms with Crippen LogP contribution in [0.25, 0.3) is 0 Å². The van der Waals surface area contributed by atoms with Gasteiger partial charge < -0.3 is 10.1 Å². The topological polar surface area (TPSA) is 84.5 Å². The number of methoxy groups -OCH3 is 1. The summed E-state index contributed by atoms with van der Waals surface area (Å²) in [6, 6.07) is 21.8. The lowest BCUT2D eigenvalue weighted by Crippen LogP contribution is -2.28. The van der Waals surface area contributed by atoms with Gasteiger partial charge in [0.25, 0.3) is 15.9 Å². The number of carbonyl (C=O) groups is 1. The molecule has 1 amide bonds. The van der Waals surface area contributed by atoms with Gasteiger partial charge in [0.05, 0.1) is 29.3 Å². The second kappa shape index (κ2) is 8.79. The summed E-state index contributed by atoms with van der Waals surface area (Å²) in [6.45, 7) is 1.87. The standard InChI is InChI=1S/C22H22N2O4S/c1-16(17-8-4-3-5-9-17)23-22(25)20-10-6-7-11-21(20)24-29(26,27)19-14-12-18(28-2)13-15-19/h3-16,24H,1-2H3,(H,23,25). The van der Waals surface area contributed by atoms with Crippen LogP contribution in [0, 0.1) is 0 Å². The maximum absolute atomic E-state index is 12.8. The predicted octanol–water partition coefficient (Wildman–Crippen LogP) is 3.99. The van der Waals surface area contributed by atoms with Crippen molar-refractivity contribution in [3.05, 3.63) is 90.0 Å². The molecule has 1 unspecified atom stereocenters. The molecule has 7 heteroatoms. The average Bonchev–Trinajstić information content (AvgIpc) is 2.74. The minimum atomic E-state index is -3.86. The Morgan fingerprint density at radius 1 is 0.897 bits per heavy atom. The van der Waals surface area contributed by atoms with Crippen molar-refractivity contribution in [3.63, 3.8) is 0 Å². The third kappa shape index (κ3) is 4.94. The fourth-order valence-electron chi connectivity index (χ4n) is 2.83. The van der Waals surface area contributed by atoms with Crippen LogP contribution in [0.4, 0.5) is 5.69 Å². The Labute approximate surface area is 170 Å². The number of amides is 1. The molecule has 0 bridgehead atoms. The zero-order valence-corrected chi connectivity index (χ0v) is 16.9. The third-order valence-corrected chi connectivity index (χ3v) is 5.81. The number of para-hydroxylation sites is 1. The summed E-state index contributed by atoms with van der Waals surface area (Å²) in [6.07, 6.45) is 0. The highest BCUT2D eigenvalue weighted by atomic mass is 32.2. The van der Waals surface area contributed by atoms with Crippen molar-refractivity contribution < 1.29 is 17.9 Å². The first-order valence-corrected chi connectivity index (χ1v) is 10.5. The molecule has 150 valence electrons. The molecule has 0 aliphatic carbocycles. The zero-order chi connectivity index (χ0) is 20.9. The van der Waals surface area contributed by atoms with E-state index < -0.39 is 10.0 Å². The fraction of sp³-hybridized carbons (Fsp3) is 0.136. The summed E-state index contributed by atoms with van der Waals surface area (Å²) in [7, 11) is -2.35. The highest BCUT2D eigenvalue weighted by Crippen LogP contribution is 2.23. The molecule has 0 radical (unpaired) electrons. The molecule has 3 aromatic carbocycles. The Hall–Kier alpha value is -3.32. The quantitative estimate of drug-likeness (QED) is 0.617. The summed E-state index contributed by atoms with van der Waals surface area (Å²) < 4.78 is 33.0. The Morgan fingerprint density at radius 2 is 1.52 bits per heavy atom. The number of carbonyl (C=O) groups excluding carboxylic acids is 1. The summed E-state index contributed by atoms with van der Waals surface area (Å²) in [4.78, 5) is 12.9. The molecular formula is C22H22N2O4S. The maximum atomic E-state index is 12.8. The van der Waals surface area contributed by atoms with Crippen LogP contribution in [0.1, 0.15) is 28.9 Å². The van der Waals surface area contributed by atoms with Gasteiger partial charge in [-0.05, 0) is 48.9 Å². The van der Waals surface area contributed by atoms with Crippen molar-refractivity contribution in [3.8, 4) is 5.75 Å². The highest BCUT2D eigenvalue weighted by molar-refractivity contribution is 7.92. The fourth-order valence-corrected chi connectivity index (χ4v) is 3.91. The SMILES string of the molecule is COc1ccc(S(=O)(=O)Nc2ccccc2C(=O)NC(C)c2ccccc2)cc1. The molecule has 6 nitrogen and oxygen atoms in total. The molecule has 3 rings (SSSR count). The van der Waals surface area contributed by atoms with Crippen molar-refractivity contribution in [2.45, 2.75) is 17.9 Å². The van der Waals surface area contributed by atoms with E-state index in [4.69, 9.17) is 4.74 Å². The molecule has 29 heavy (non-hydrogen) atoms. The number of nitrogens with one attached hydrogen (secondary N) is 2. The van der Waals surface area contributed by atoms with Crippen LogP contribution in [0.15, 0.2) is 83.8 Å². The van der Waals surface area contributed by atoms with E-state index in [-0.39, 0.29) is 28.1 Å². The first-order chi connectivity index (χ1) is 13.9. The Morgan fingerprint density at radius 3 is 2.17 bits per heavy atom. The van der Waals surface area contributed by atoms with Gasteiger partial charge in [0.2, 0.25) is 0 Å². The van der Waals surface area contributed by atoms with Crippen molar-refractivity contribution in [2.24, 2.45) is 0 Å². The van der Waals surface area contributed by atoms with E-state index in [0.717, 1.165) is 5.56 Å². The van der Waals surface area contributed by atoms with Crippen LogP contribution in [-0.2, 0) is 10.0 Å². The van der Waals surface area contributed by atoms with E-state index in [1.165, 1.54) is 19.2 Å². The number of sulfonamides is 1. The van der Waals surface area contributed by atoms with Gasteiger partial charge in [0, 0.05) is 0 Å². The molecule has 0 fully saturated rings. The predicted molar refractivity (Wildman–Crippen MR) is 113 cm³/mol. The van der Waals surface area contributed by atoms with E-state index in [2.05, 4.69) is 10.0 Å². The summed E-state index contributed by atoms with van der Waals surface area (Å²) in [5, 5.41) is 2.90. The largest absolute Gasteiger partial charge is 0.497 e. The summed E-state index contributed by atoms with van der Waals surface area (Å²) in [5.41, 5.74) is 1.41. The van der Waals surface area contributed by atoms with Crippen molar-refractivity contribution in [1.29, 1.82) is 0 Å². The van der Waals surface area contributed by atoms with Crippen LogP contribution in [0.3, 0.4) is 0 Å². The van der Waals surface area contributed by atoms with Crippen molar-refractivity contribution in [2.75, 3.05) is 11.8 Å². The maximum Gasteiger partial charge on any atom is 0.261 e. The number of anilines is 1. The van der Waals surface area contributed by atoms with Gasteiger partial charge in [-0.2, -0.15) is 0 Å². The normalized spacial score (nSPS) is 12.1. The zero-order valence-electron chi connectivity index (χ0n) is 16.1. The van der Waals surface area contributed by atoms with Crippen LogP contribution >= 0.6 is 0 Å². The smallest absolute Gasteiger partial charge is 0.261 e. The third-order valence-electron chi connectivity index (χ3n) is 4.43. The lowest BCUT2D eigenvalue weighted by Gasteiger charge is -2.17. The average molecular weight is 410 g/mol. The molecule has 0 spiro atoms. The first kappa shape index (κ1) is 20.4. The van der Waals surface area contributed by atoms with E-state index in [0.29, 0.717) is 5.75 Å². The molecule has 0 aromatic heterocycles. The van der Waals surface area contributed by atoms with Crippen LogP contribution in [-0.4, -0.2) is 21.4 Å². The van der Waals surface area contributed by atoms with Gasteiger partial charge in [-0.15, -0.1) is 0 Å². The monoisotopic (exact) mass is 410 g/mol. The molecule has 0 aliphatic heterocycles. The van der Waals surface area contributed by atoms with Gasteiger partial charge >= 0.3 is 0 Å². The molecule has 0 heterocycles. The minimum Gasteiger partial charge on any atom is -0.497 e. The van der Waals surface area contributed by atoms with E-state index >= 15 is 0 Å². The Balaban J connectivity index is 1.81. The van der Waals surface area contributed by atoms with Crippen LogP contribution < -0.4 is 14.8 Å². The summed E-state index contributed by atoms with van der Waals surface area (Å²) >= 11 is 0. The lowest BCUT2D eigenvalue weighted by atomic mass is 10.1. The first-order valence-electron chi connectivity index (χ1n) is 9.02. The van der Waals surface area contributed by atoms with Gasteiger partial charge in [-0.3, -0.25) is 9.52 Å². The Bertz CT molecular complexity index is 1080. The minimum absolute atomic E-state index is 0.0752. The number of hydrogen-bond donors (Lipinski definition) is 2. The molecular weight excluding hydrogens is 388 g/mol. The summed E-state index contributed by atoms with van der Waals surface area (Å²) in [5.74, 6) is 0.188. The molecule has 0 saturated carbocycles. The number of hydrogen-bond acceptors (Lipinski definition) is 4. The van der Waals surface area contributed by atoms with E-state index in [9.17, 15) is 13.2 Å². The van der Waals surface area contributed by atoms with Crippen LogP contribution in [0.2, 0.25) is 0 Å². The van der Waals surface area contributed by atoms with Crippen molar-refractivity contribution >= 4 is 21.6 Å². The van der Waals surface area contributed by atoms with Gasteiger partial charge in [-0.25, -0.2) is 8.42 Å². The lowest BCUT2D eigenvalue weighted by molar-refractivity contribution is 0.0941. The number of benzene rings is 3. The van der Waals surface area contributed by atoms with E-state index in [1.807, 2.05) is 37.3 Å². The molecule has 0 saturated heterocycles. The molecule has 3 aromatic rings. The van der Waals surface area contributed by atoms with Gasteiger partial charge in [0.15, 0.2) is 0 Å². The Kier molecular flexibility index (Phi) is 6.19. The second-order valence-corrected chi connectivity index (χ2v) is 8.11. The van der Waals surface area contributed by atoms with Crippen LogP contribution in [0.5, 0.6) is 5.75 Å². The van der Waals surface area contributed by atoms with Crippen molar-refractivity contribution in [1.82, 2.24) is 5.32 Å². The number of ether oxygens (including phenoxy) is 1. The number of rotatable bonds is 7. The molecule has 0 aliphatic rings. The van der Waals surface area contributed by atoms with E-state index in [1.54, 1.807) is 36.4 Å².